The summed E-state index contributed by atoms with van der Waals surface area (Å²) in [7, 11) is 0. The highest BCUT2D eigenvalue weighted by molar-refractivity contribution is 6.63. The lowest BCUT2D eigenvalue weighted by Crippen LogP contribution is -2.47. The van der Waals surface area contributed by atoms with Crippen molar-refractivity contribution in [3.05, 3.63) is 29.8 Å². The van der Waals surface area contributed by atoms with Crippen LogP contribution in [0.2, 0.25) is 0 Å². The van der Waals surface area contributed by atoms with Gasteiger partial charge in [0.25, 0.3) is 6.43 Å². The Labute approximate surface area is 110 Å². The number of hydrogen-bond acceptors (Lipinski definition) is 2. The van der Waals surface area contributed by atoms with Gasteiger partial charge in [-0.05, 0) is 37.1 Å². The van der Waals surface area contributed by atoms with Gasteiger partial charge in [-0.25, -0.2) is 8.78 Å². The highest BCUT2D eigenvalue weighted by Crippen LogP contribution is 2.22. The number of nitrogens with zero attached hydrogens (tertiary/aromatic N) is 1. The van der Waals surface area contributed by atoms with Gasteiger partial charge in [0.15, 0.2) is 5.29 Å². The van der Waals surface area contributed by atoms with E-state index in [0.29, 0.717) is 5.69 Å². The first-order valence-electron chi connectivity index (χ1n) is 5.53. The Morgan fingerprint density at radius 1 is 1.44 bits per heavy atom. The Kier molecular flexibility index (Phi) is 5.34. The van der Waals surface area contributed by atoms with E-state index >= 15 is 0 Å². The van der Waals surface area contributed by atoms with Gasteiger partial charge in [-0.2, -0.15) is 0 Å². The molecule has 3 nitrogen and oxygen atoms in total. The molecule has 0 saturated heterocycles. The van der Waals surface area contributed by atoms with Crippen LogP contribution in [0.4, 0.5) is 14.5 Å². The second kappa shape index (κ2) is 6.54. The molecule has 1 rings (SSSR count). The molecule has 0 fully saturated rings. The molecule has 6 heteroatoms. The first-order valence-corrected chi connectivity index (χ1v) is 5.90. The van der Waals surface area contributed by atoms with Crippen molar-refractivity contribution in [3.8, 4) is 0 Å². The number of para-hydroxylation sites is 1. The van der Waals surface area contributed by atoms with E-state index < -0.39 is 19.1 Å². The van der Waals surface area contributed by atoms with Crippen molar-refractivity contribution in [3.63, 3.8) is 0 Å². The molecule has 1 unspecified atom stereocenters. The second-order valence-electron chi connectivity index (χ2n) is 3.96. The fourth-order valence-electron chi connectivity index (χ4n) is 1.76. The van der Waals surface area contributed by atoms with Gasteiger partial charge < -0.3 is 10.2 Å². The average molecular weight is 276 g/mol. The number of benzene rings is 1. The van der Waals surface area contributed by atoms with Crippen LogP contribution >= 0.6 is 11.6 Å². The van der Waals surface area contributed by atoms with Crippen LogP contribution in [-0.4, -0.2) is 24.4 Å². The summed E-state index contributed by atoms with van der Waals surface area (Å²) in [5.74, 6) is 0. The standard InChI is InChI=1S/C12H16ClF2N3/c1-8-5-3-4-6-10(8)18(7-11(14)15)9(2)17-12(13)16/h3-6,9,11H,7H2,1-2H3,(H2,16,17). The van der Waals surface area contributed by atoms with Crippen LogP contribution in [0, 0.1) is 12.3 Å². The maximum atomic E-state index is 12.6. The molecule has 0 amide bonds. The number of hydrogen-bond donors (Lipinski definition) is 2. The van der Waals surface area contributed by atoms with Gasteiger partial charge in [-0.15, -0.1) is 0 Å². The molecular formula is C12H16ClF2N3. The van der Waals surface area contributed by atoms with Gasteiger partial charge in [0.2, 0.25) is 0 Å². The van der Waals surface area contributed by atoms with Gasteiger partial charge in [-0.3, -0.25) is 5.41 Å². The van der Waals surface area contributed by atoms with E-state index in [1.54, 1.807) is 19.1 Å². The van der Waals surface area contributed by atoms with E-state index in [1.165, 1.54) is 4.90 Å². The summed E-state index contributed by atoms with van der Waals surface area (Å²) in [5, 5.41) is 9.50. The second-order valence-corrected chi connectivity index (χ2v) is 4.34. The highest BCUT2D eigenvalue weighted by atomic mass is 35.5. The number of anilines is 1. The maximum Gasteiger partial charge on any atom is 0.255 e. The van der Waals surface area contributed by atoms with Gasteiger partial charge in [-0.1, -0.05) is 18.2 Å². The van der Waals surface area contributed by atoms with Crippen molar-refractivity contribution < 1.29 is 8.78 Å². The minimum absolute atomic E-state index is 0.268. The minimum Gasteiger partial charge on any atom is -0.346 e. The van der Waals surface area contributed by atoms with Gasteiger partial charge in [0, 0.05) is 5.69 Å². The van der Waals surface area contributed by atoms with Crippen LogP contribution in [0.25, 0.3) is 0 Å². The van der Waals surface area contributed by atoms with Gasteiger partial charge in [0.1, 0.15) is 0 Å². The molecular weight excluding hydrogens is 260 g/mol. The Morgan fingerprint density at radius 3 is 2.56 bits per heavy atom. The number of halogens is 3. The van der Waals surface area contributed by atoms with E-state index in [2.05, 4.69) is 5.32 Å². The summed E-state index contributed by atoms with van der Waals surface area (Å²) in [6.07, 6.45) is -2.94. The molecule has 0 aliphatic heterocycles. The van der Waals surface area contributed by atoms with E-state index in [1.807, 2.05) is 19.1 Å². The van der Waals surface area contributed by atoms with E-state index in [9.17, 15) is 8.78 Å². The zero-order valence-corrected chi connectivity index (χ0v) is 11.0. The zero-order valence-electron chi connectivity index (χ0n) is 10.3. The number of nitrogens with one attached hydrogen (secondary N) is 2. The van der Waals surface area contributed by atoms with Crippen molar-refractivity contribution in [2.45, 2.75) is 26.4 Å². The monoisotopic (exact) mass is 275 g/mol. The van der Waals surface area contributed by atoms with Crippen LogP contribution in [0.3, 0.4) is 0 Å². The molecule has 2 N–H and O–H groups in total. The molecule has 18 heavy (non-hydrogen) atoms. The van der Waals surface area contributed by atoms with Crippen LogP contribution in [0.15, 0.2) is 24.3 Å². The Morgan fingerprint density at radius 2 is 2.06 bits per heavy atom. The number of aryl methyl sites for hydroxylation is 1. The van der Waals surface area contributed by atoms with Crippen molar-refractivity contribution in [1.29, 1.82) is 5.41 Å². The maximum absolute atomic E-state index is 12.6. The average Bonchev–Trinajstić information content (AvgIpc) is 2.25. The molecule has 0 radical (unpaired) electrons. The third kappa shape index (κ3) is 4.14. The molecule has 0 aromatic heterocycles. The summed E-state index contributed by atoms with van der Waals surface area (Å²) in [6.45, 7) is 3.13. The summed E-state index contributed by atoms with van der Waals surface area (Å²) in [5.41, 5.74) is 1.60. The molecule has 1 aromatic carbocycles. The van der Waals surface area contributed by atoms with Crippen LogP contribution in [-0.2, 0) is 0 Å². The Balaban J connectivity index is 2.97. The largest absolute Gasteiger partial charge is 0.346 e. The van der Waals surface area contributed by atoms with Crippen molar-refractivity contribution in [2.75, 3.05) is 11.4 Å². The number of alkyl halides is 2. The predicted octanol–water partition coefficient (Wildman–Crippen LogP) is 3.18. The lowest BCUT2D eigenvalue weighted by atomic mass is 10.1. The zero-order chi connectivity index (χ0) is 13.7. The topological polar surface area (TPSA) is 39.1 Å². The summed E-state index contributed by atoms with van der Waals surface area (Å²) in [6, 6.07) is 7.26. The number of rotatable bonds is 5. The molecule has 0 saturated carbocycles. The fourth-order valence-corrected chi connectivity index (χ4v) is 1.92. The predicted molar refractivity (Wildman–Crippen MR) is 70.7 cm³/mol. The molecule has 0 spiro atoms. The van der Waals surface area contributed by atoms with Crippen molar-refractivity contribution in [2.24, 2.45) is 0 Å². The SMILES string of the molecule is Cc1ccccc1N(CC(F)F)C(C)NC(=N)Cl. The normalized spacial score (nSPS) is 12.3. The molecule has 1 aromatic rings. The van der Waals surface area contributed by atoms with E-state index in [-0.39, 0.29) is 5.29 Å². The lowest BCUT2D eigenvalue weighted by molar-refractivity contribution is 0.151. The third-order valence-corrected chi connectivity index (χ3v) is 2.67. The van der Waals surface area contributed by atoms with Gasteiger partial charge in [0.05, 0.1) is 12.7 Å². The van der Waals surface area contributed by atoms with Crippen LogP contribution in [0.5, 0.6) is 0 Å². The third-order valence-electron chi connectivity index (χ3n) is 2.56. The highest BCUT2D eigenvalue weighted by Gasteiger charge is 2.20. The first kappa shape index (κ1) is 14.7. The van der Waals surface area contributed by atoms with E-state index in [0.717, 1.165) is 5.56 Å². The van der Waals surface area contributed by atoms with Crippen LogP contribution in [0.1, 0.15) is 12.5 Å². The summed E-state index contributed by atoms with van der Waals surface area (Å²) >= 11 is 5.44. The number of amidine groups is 1. The molecule has 0 aliphatic carbocycles. The van der Waals surface area contributed by atoms with Gasteiger partial charge >= 0.3 is 0 Å². The summed E-state index contributed by atoms with van der Waals surface area (Å²) in [4.78, 5) is 1.50. The fraction of sp³-hybridized carbons (Fsp3) is 0.417. The molecule has 1 atom stereocenters. The Bertz CT molecular complexity index is 412. The quantitative estimate of drug-likeness (QED) is 0.375. The van der Waals surface area contributed by atoms with Crippen molar-refractivity contribution in [1.82, 2.24) is 5.32 Å². The molecule has 0 heterocycles. The molecule has 0 bridgehead atoms. The Hall–Kier alpha value is -1.36. The summed E-state index contributed by atoms with van der Waals surface area (Å²) < 4.78 is 25.3. The van der Waals surface area contributed by atoms with Crippen molar-refractivity contribution >= 4 is 22.6 Å². The van der Waals surface area contributed by atoms with Crippen LogP contribution < -0.4 is 10.2 Å². The first-order chi connectivity index (χ1) is 8.41. The van der Waals surface area contributed by atoms with E-state index in [4.69, 9.17) is 17.0 Å². The molecule has 100 valence electrons. The molecule has 0 aliphatic rings. The smallest absolute Gasteiger partial charge is 0.255 e. The lowest BCUT2D eigenvalue weighted by Gasteiger charge is -2.32. The minimum atomic E-state index is -2.46.